The van der Waals surface area contributed by atoms with E-state index in [0.717, 1.165) is 25.3 Å². The predicted molar refractivity (Wildman–Crippen MR) is 83.4 cm³/mol. The molecule has 0 radical (unpaired) electrons. The molecule has 0 bridgehead atoms. The van der Waals surface area contributed by atoms with Gasteiger partial charge in [0.05, 0.1) is 5.69 Å². The zero-order chi connectivity index (χ0) is 14.5. The average Bonchev–Trinajstić information content (AvgIpc) is 2.96. The van der Waals surface area contributed by atoms with Crippen LogP contribution in [0.4, 0.5) is 5.13 Å². The number of nitrogens with one attached hydrogen (secondary N) is 1. The normalized spacial score (nSPS) is 15.8. The van der Waals surface area contributed by atoms with E-state index in [4.69, 9.17) is 0 Å². The maximum absolute atomic E-state index is 12.0. The number of rotatable bonds is 4. The fraction of sp³-hybridized carbons (Fsp3) is 0.400. The van der Waals surface area contributed by atoms with Crippen LogP contribution in [0.15, 0.2) is 29.9 Å². The molecule has 110 valence electrons. The van der Waals surface area contributed by atoms with Crippen LogP contribution in [0.5, 0.6) is 0 Å². The highest BCUT2D eigenvalue weighted by Gasteiger charge is 2.13. The monoisotopic (exact) mass is 302 g/mol. The van der Waals surface area contributed by atoms with Crippen molar-refractivity contribution in [3.05, 3.63) is 41.2 Å². The van der Waals surface area contributed by atoms with E-state index in [1.807, 2.05) is 5.38 Å². The maximum atomic E-state index is 12.0. The number of piperidine rings is 1. The number of nitrogens with zero attached hydrogens (tertiary/aromatic N) is 3. The molecule has 3 heterocycles. The molecule has 6 heteroatoms. The van der Waals surface area contributed by atoms with Crippen LogP contribution in [-0.4, -0.2) is 33.9 Å². The second kappa shape index (κ2) is 6.78. The SMILES string of the molecule is O=C(Nc1nc(CN2CCCCC2)cs1)c1ccncc1. The van der Waals surface area contributed by atoms with Crippen molar-refractivity contribution in [1.82, 2.24) is 14.9 Å². The quantitative estimate of drug-likeness (QED) is 0.943. The molecule has 0 aliphatic carbocycles. The summed E-state index contributed by atoms with van der Waals surface area (Å²) in [6.45, 7) is 3.17. The molecule has 1 N–H and O–H groups in total. The summed E-state index contributed by atoms with van der Waals surface area (Å²) >= 11 is 1.48. The number of carbonyl (C=O) groups excluding carboxylic acids is 1. The van der Waals surface area contributed by atoms with Gasteiger partial charge in [0.25, 0.3) is 5.91 Å². The Morgan fingerprint density at radius 1 is 1.24 bits per heavy atom. The fourth-order valence-corrected chi connectivity index (χ4v) is 3.15. The van der Waals surface area contributed by atoms with Crippen LogP contribution in [0.3, 0.4) is 0 Å². The van der Waals surface area contributed by atoms with Gasteiger partial charge in [-0.15, -0.1) is 11.3 Å². The maximum Gasteiger partial charge on any atom is 0.257 e. The number of aromatic nitrogens is 2. The van der Waals surface area contributed by atoms with Crippen molar-refractivity contribution >= 4 is 22.4 Å². The van der Waals surface area contributed by atoms with E-state index in [2.05, 4.69) is 20.2 Å². The minimum atomic E-state index is -0.142. The van der Waals surface area contributed by atoms with Crippen molar-refractivity contribution in [2.75, 3.05) is 18.4 Å². The smallest absolute Gasteiger partial charge is 0.257 e. The molecule has 3 rings (SSSR count). The van der Waals surface area contributed by atoms with Gasteiger partial charge in [-0.2, -0.15) is 0 Å². The number of pyridine rings is 1. The van der Waals surface area contributed by atoms with Gasteiger partial charge in [0.1, 0.15) is 0 Å². The van der Waals surface area contributed by atoms with Gasteiger partial charge in [-0.05, 0) is 38.1 Å². The van der Waals surface area contributed by atoms with E-state index >= 15 is 0 Å². The molecule has 0 saturated carbocycles. The van der Waals surface area contributed by atoms with Crippen LogP contribution in [-0.2, 0) is 6.54 Å². The van der Waals surface area contributed by atoms with Crippen LogP contribution >= 0.6 is 11.3 Å². The molecule has 0 atom stereocenters. The Balaban J connectivity index is 1.58. The predicted octanol–water partition coefficient (Wildman–Crippen LogP) is 2.78. The van der Waals surface area contributed by atoms with Crippen LogP contribution in [0.25, 0.3) is 0 Å². The number of hydrogen-bond donors (Lipinski definition) is 1. The molecule has 1 amide bonds. The van der Waals surface area contributed by atoms with Crippen LogP contribution in [0.2, 0.25) is 0 Å². The van der Waals surface area contributed by atoms with E-state index in [1.165, 1.54) is 30.6 Å². The molecule has 2 aromatic rings. The number of likely N-dealkylation sites (tertiary alicyclic amines) is 1. The lowest BCUT2D eigenvalue weighted by Gasteiger charge is -2.25. The summed E-state index contributed by atoms with van der Waals surface area (Å²) in [6, 6.07) is 3.38. The van der Waals surface area contributed by atoms with Crippen LogP contribution < -0.4 is 5.32 Å². The van der Waals surface area contributed by atoms with Gasteiger partial charge < -0.3 is 0 Å². The van der Waals surface area contributed by atoms with E-state index in [9.17, 15) is 4.79 Å². The second-order valence-corrected chi connectivity index (χ2v) is 6.03. The lowest BCUT2D eigenvalue weighted by atomic mass is 10.1. The van der Waals surface area contributed by atoms with Gasteiger partial charge in [-0.1, -0.05) is 6.42 Å². The third-order valence-corrected chi connectivity index (χ3v) is 4.36. The van der Waals surface area contributed by atoms with E-state index in [1.54, 1.807) is 24.5 Å². The van der Waals surface area contributed by atoms with Crippen LogP contribution in [0.1, 0.15) is 35.3 Å². The molecule has 1 fully saturated rings. The summed E-state index contributed by atoms with van der Waals surface area (Å²) < 4.78 is 0. The lowest BCUT2D eigenvalue weighted by molar-refractivity contribution is 0.102. The summed E-state index contributed by atoms with van der Waals surface area (Å²) in [5.74, 6) is -0.142. The van der Waals surface area contributed by atoms with Crippen molar-refractivity contribution in [2.24, 2.45) is 0 Å². The van der Waals surface area contributed by atoms with E-state index in [-0.39, 0.29) is 5.91 Å². The summed E-state index contributed by atoms with van der Waals surface area (Å²) in [4.78, 5) is 22.9. The van der Waals surface area contributed by atoms with E-state index in [0.29, 0.717) is 10.7 Å². The summed E-state index contributed by atoms with van der Waals surface area (Å²) in [6.07, 6.45) is 7.10. The lowest BCUT2D eigenvalue weighted by Crippen LogP contribution is -2.29. The molecular weight excluding hydrogens is 284 g/mol. The van der Waals surface area contributed by atoms with Gasteiger partial charge >= 0.3 is 0 Å². The highest BCUT2D eigenvalue weighted by molar-refractivity contribution is 7.13. The second-order valence-electron chi connectivity index (χ2n) is 5.17. The molecule has 0 unspecified atom stereocenters. The summed E-state index contributed by atoms with van der Waals surface area (Å²) in [7, 11) is 0. The molecule has 21 heavy (non-hydrogen) atoms. The first-order valence-electron chi connectivity index (χ1n) is 7.19. The van der Waals surface area contributed by atoms with Crippen molar-refractivity contribution < 1.29 is 4.79 Å². The zero-order valence-electron chi connectivity index (χ0n) is 11.8. The molecule has 2 aromatic heterocycles. The van der Waals surface area contributed by atoms with E-state index < -0.39 is 0 Å². The first-order chi connectivity index (χ1) is 10.3. The number of hydrogen-bond acceptors (Lipinski definition) is 5. The fourth-order valence-electron chi connectivity index (χ4n) is 2.46. The van der Waals surface area contributed by atoms with Crippen molar-refractivity contribution in [1.29, 1.82) is 0 Å². The molecule has 5 nitrogen and oxygen atoms in total. The van der Waals surface area contributed by atoms with Gasteiger partial charge in [0, 0.05) is 29.9 Å². The number of carbonyl (C=O) groups is 1. The zero-order valence-corrected chi connectivity index (χ0v) is 12.6. The molecular formula is C15H18N4OS. The third kappa shape index (κ3) is 3.86. The van der Waals surface area contributed by atoms with Gasteiger partial charge in [-0.3, -0.25) is 20.0 Å². The number of amides is 1. The first-order valence-corrected chi connectivity index (χ1v) is 8.07. The van der Waals surface area contributed by atoms with Crippen molar-refractivity contribution in [2.45, 2.75) is 25.8 Å². The van der Waals surface area contributed by atoms with Gasteiger partial charge in [0.2, 0.25) is 0 Å². The third-order valence-electron chi connectivity index (χ3n) is 3.55. The molecule has 0 aromatic carbocycles. The van der Waals surface area contributed by atoms with Gasteiger partial charge in [-0.25, -0.2) is 4.98 Å². The molecule has 1 aliphatic heterocycles. The topological polar surface area (TPSA) is 58.1 Å². The Labute approximate surface area is 128 Å². The van der Waals surface area contributed by atoms with Crippen molar-refractivity contribution in [3.63, 3.8) is 0 Å². The van der Waals surface area contributed by atoms with Crippen molar-refractivity contribution in [3.8, 4) is 0 Å². The Bertz CT molecular complexity index is 593. The Morgan fingerprint density at radius 2 is 2.00 bits per heavy atom. The number of thiazole rings is 1. The minimum absolute atomic E-state index is 0.142. The molecule has 1 aliphatic rings. The average molecular weight is 302 g/mol. The first kappa shape index (κ1) is 14.2. The largest absolute Gasteiger partial charge is 0.298 e. The Morgan fingerprint density at radius 3 is 2.76 bits per heavy atom. The Hall–Kier alpha value is -1.79. The Kier molecular flexibility index (Phi) is 4.57. The highest BCUT2D eigenvalue weighted by Crippen LogP contribution is 2.19. The van der Waals surface area contributed by atoms with Crippen LogP contribution in [0, 0.1) is 0 Å². The van der Waals surface area contributed by atoms with Gasteiger partial charge in [0.15, 0.2) is 5.13 Å². The number of anilines is 1. The highest BCUT2D eigenvalue weighted by atomic mass is 32.1. The minimum Gasteiger partial charge on any atom is -0.298 e. The standard InChI is InChI=1S/C15H18N4OS/c20-14(12-4-6-16-7-5-12)18-15-17-13(11-21-15)10-19-8-2-1-3-9-19/h4-7,11H,1-3,8-10H2,(H,17,18,20). The summed E-state index contributed by atoms with van der Waals surface area (Å²) in [5, 5.41) is 5.52. The molecule has 0 spiro atoms. The molecule has 1 saturated heterocycles. The summed E-state index contributed by atoms with van der Waals surface area (Å²) in [5.41, 5.74) is 1.63.